The summed E-state index contributed by atoms with van der Waals surface area (Å²) in [6.45, 7) is 6.85. The van der Waals surface area contributed by atoms with Gasteiger partial charge in [0.2, 0.25) is 0 Å². The Labute approximate surface area is 112 Å². The van der Waals surface area contributed by atoms with Gasteiger partial charge in [-0.1, -0.05) is 6.07 Å². The Morgan fingerprint density at radius 3 is 2.42 bits per heavy atom. The smallest absolute Gasteiger partial charge is 0.339 e. The Bertz CT molecular complexity index is 489. The van der Waals surface area contributed by atoms with Crippen molar-refractivity contribution in [3.8, 4) is 5.75 Å². The van der Waals surface area contributed by atoms with Crippen LogP contribution in [0, 0.1) is 6.92 Å². The molecule has 104 valence electrons. The largest absolute Gasteiger partial charge is 0.456 e. The van der Waals surface area contributed by atoms with E-state index in [1.54, 1.807) is 45.9 Å². The van der Waals surface area contributed by atoms with Crippen LogP contribution in [0.2, 0.25) is 0 Å². The minimum absolute atomic E-state index is 0.212. The fraction of sp³-hybridized carbons (Fsp3) is 0.429. The van der Waals surface area contributed by atoms with Gasteiger partial charge in [-0.2, -0.15) is 0 Å². The molecule has 0 bridgehead atoms. The van der Waals surface area contributed by atoms with Crippen LogP contribution >= 0.6 is 0 Å². The molecule has 0 heterocycles. The van der Waals surface area contributed by atoms with E-state index in [9.17, 15) is 9.59 Å². The monoisotopic (exact) mass is 265 g/mol. The predicted octanol–water partition coefficient (Wildman–Crippen LogP) is 1.81. The van der Waals surface area contributed by atoms with Crippen LogP contribution in [0.1, 0.15) is 36.7 Å². The third-order valence-corrected chi connectivity index (χ3v) is 2.29. The zero-order chi connectivity index (χ0) is 14.6. The minimum atomic E-state index is -0.576. The van der Waals surface area contributed by atoms with E-state index in [2.05, 4.69) is 0 Å². The molecule has 0 aliphatic rings. The summed E-state index contributed by atoms with van der Waals surface area (Å²) in [5, 5.41) is 0. The molecule has 5 nitrogen and oxygen atoms in total. The van der Waals surface area contributed by atoms with Gasteiger partial charge in [0.05, 0.1) is 12.1 Å². The highest BCUT2D eigenvalue weighted by molar-refractivity contribution is 5.92. The average molecular weight is 265 g/mol. The number of hydrogen-bond donors (Lipinski definition) is 1. The highest BCUT2D eigenvalue weighted by Gasteiger charge is 2.21. The SMILES string of the molecule is Cc1c(OC(=O)CN)cccc1C(=O)OC(C)(C)C. The number of hydrogen-bond acceptors (Lipinski definition) is 5. The molecule has 0 aliphatic carbocycles. The molecule has 1 aromatic carbocycles. The lowest BCUT2D eigenvalue weighted by molar-refractivity contribution is -0.132. The summed E-state index contributed by atoms with van der Waals surface area (Å²) < 4.78 is 10.3. The number of rotatable bonds is 3. The molecule has 1 aromatic rings. The first-order valence-electron chi connectivity index (χ1n) is 5.98. The molecule has 0 aromatic heterocycles. The summed E-state index contributed by atoms with van der Waals surface area (Å²) in [6.07, 6.45) is 0. The zero-order valence-corrected chi connectivity index (χ0v) is 11.6. The maximum absolute atomic E-state index is 12.0. The minimum Gasteiger partial charge on any atom is -0.456 e. The van der Waals surface area contributed by atoms with Gasteiger partial charge in [-0.3, -0.25) is 4.79 Å². The van der Waals surface area contributed by atoms with Crippen molar-refractivity contribution in [3.05, 3.63) is 29.3 Å². The standard InChI is InChI=1S/C14H19NO4/c1-9-10(13(17)19-14(2,3)4)6-5-7-11(9)18-12(16)8-15/h5-7H,8,15H2,1-4H3. The summed E-state index contributed by atoms with van der Waals surface area (Å²) in [5.74, 6) is -0.682. The van der Waals surface area contributed by atoms with Gasteiger partial charge >= 0.3 is 11.9 Å². The molecule has 19 heavy (non-hydrogen) atoms. The molecule has 0 aliphatic heterocycles. The summed E-state index contributed by atoms with van der Waals surface area (Å²) >= 11 is 0. The second kappa shape index (κ2) is 5.84. The van der Waals surface area contributed by atoms with Crippen molar-refractivity contribution in [2.75, 3.05) is 6.54 Å². The van der Waals surface area contributed by atoms with Gasteiger partial charge in [-0.05, 0) is 39.8 Å². The van der Waals surface area contributed by atoms with E-state index >= 15 is 0 Å². The van der Waals surface area contributed by atoms with Crippen LogP contribution in [0.5, 0.6) is 5.75 Å². The number of ether oxygens (including phenoxy) is 2. The molecule has 0 fully saturated rings. The van der Waals surface area contributed by atoms with Gasteiger partial charge in [0, 0.05) is 5.56 Å². The molecule has 2 N–H and O–H groups in total. The van der Waals surface area contributed by atoms with Crippen molar-refractivity contribution >= 4 is 11.9 Å². The van der Waals surface area contributed by atoms with Crippen molar-refractivity contribution in [1.82, 2.24) is 0 Å². The maximum Gasteiger partial charge on any atom is 0.339 e. The molecule has 0 atom stereocenters. The second-order valence-corrected chi connectivity index (χ2v) is 5.11. The van der Waals surface area contributed by atoms with Crippen LogP contribution in [0.25, 0.3) is 0 Å². The molecule has 0 saturated heterocycles. The molecular weight excluding hydrogens is 246 g/mol. The van der Waals surface area contributed by atoms with Crippen LogP contribution in [0.15, 0.2) is 18.2 Å². The van der Waals surface area contributed by atoms with E-state index in [0.29, 0.717) is 16.9 Å². The van der Waals surface area contributed by atoms with Crippen LogP contribution < -0.4 is 10.5 Å². The van der Waals surface area contributed by atoms with Crippen molar-refractivity contribution in [3.63, 3.8) is 0 Å². The molecule has 5 heteroatoms. The summed E-state index contributed by atoms with van der Waals surface area (Å²) in [6, 6.07) is 4.87. The fourth-order valence-corrected chi connectivity index (χ4v) is 1.44. The quantitative estimate of drug-likeness (QED) is 0.666. The normalized spacial score (nSPS) is 11.0. The Hall–Kier alpha value is -1.88. The Morgan fingerprint density at radius 2 is 1.89 bits per heavy atom. The lowest BCUT2D eigenvalue weighted by Crippen LogP contribution is -2.25. The van der Waals surface area contributed by atoms with Gasteiger partial charge in [0.25, 0.3) is 0 Å². The number of esters is 2. The topological polar surface area (TPSA) is 78.6 Å². The third-order valence-electron chi connectivity index (χ3n) is 2.29. The fourth-order valence-electron chi connectivity index (χ4n) is 1.44. The second-order valence-electron chi connectivity index (χ2n) is 5.11. The van der Waals surface area contributed by atoms with Crippen LogP contribution in [-0.4, -0.2) is 24.1 Å². The van der Waals surface area contributed by atoms with E-state index in [1.165, 1.54) is 0 Å². The number of carbonyl (C=O) groups is 2. The lowest BCUT2D eigenvalue weighted by Gasteiger charge is -2.20. The van der Waals surface area contributed by atoms with E-state index in [-0.39, 0.29) is 6.54 Å². The Balaban J connectivity index is 3.00. The molecule has 0 saturated carbocycles. The highest BCUT2D eigenvalue weighted by atomic mass is 16.6. The number of carbonyl (C=O) groups excluding carboxylic acids is 2. The van der Waals surface area contributed by atoms with E-state index in [4.69, 9.17) is 15.2 Å². The molecular formula is C14H19NO4. The summed E-state index contributed by atoms with van der Waals surface area (Å²) in [7, 11) is 0. The molecule has 0 unspecified atom stereocenters. The summed E-state index contributed by atoms with van der Waals surface area (Å²) in [4.78, 5) is 23.2. The first-order valence-corrected chi connectivity index (χ1v) is 5.98. The molecule has 1 rings (SSSR count). The Morgan fingerprint density at radius 1 is 1.26 bits per heavy atom. The van der Waals surface area contributed by atoms with Gasteiger partial charge < -0.3 is 15.2 Å². The van der Waals surface area contributed by atoms with E-state index < -0.39 is 17.5 Å². The molecule has 0 spiro atoms. The van der Waals surface area contributed by atoms with Gasteiger partial charge in [0.1, 0.15) is 11.4 Å². The van der Waals surface area contributed by atoms with Crippen LogP contribution in [0.3, 0.4) is 0 Å². The summed E-state index contributed by atoms with van der Waals surface area (Å²) in [5.41, 5.74) is 5.54. The number of benzene rings is 1. The van der Waals surface area contributed by atoms with Gasteiger partial charge in [0.15, 0.2) is 0 Å². The van der Waals surface area contributed by atoms with Gasteiger partial charge in [-0.25, -0.2) is 4.79 Å². The molecule has 0 amide bonds. The zero-order valence-electron chi connectivity index (χ0n) is 11.6. The maximum atomic E-state index is 12.0. The van der Waals surface area contributed by atoms with Crippen molar-refractivity contribution in [2.24, 2.45) is 5.73 Å². The predicted molar refractivity (Wildman–Crippen MR) is 71.0 cm³/mol. The lowest BCUT2D eigenvalue weighted by atomic mass is 10.1. The van der Waals surface area contributed by atoms with Crippen molar-refractivity contribution in [2.45, 2.75) is 33.3 Å². The van der Waals surface area contributed by atoms with Crippen molar-refractivity contribution in [1.29, 1.82) is 0 Å². The Kier molecular flexibility index (Phi) is 4.67. The first-order chi connectivity index (χ1) is 8.74. The van der Waals surface area contributed by atoms with Crippen LogP contribution in [0.4, 0.5) is 0 Å². The van der Waals surface area contributed by atoms with Gasteiger partial charge in [-0.15, -0.1) is 0 Å². The first kappa shape index (κ1) is 15.2. The van der Waals surface area contributed by atoms with Crippen molar-refractivity contribution < 1.29 is 19.1 Å². The van der Waals surface area contributed by atoms with E-state index in [1.807, 2.05) is 0 Å². The van der Waals surface area contributed by atoms with E-state index in [0.717, 1.165) is 0 Å². The average Bonchev–Trinajstić information content (AvgIpc) is 2.29. The van der Waals surface area contributed by atoms with Crippen LogP contribution in [-0.2, 0) is 9.53 Å². The number of nitrogens with two attached hydrogens (primary N) is 1. The third kappa shape index (κ3) is 4.37. The molecule has 0 radical (unpaired) electrons. The highest BCUT2D eigenvalue weighted by Crippen LogP contribution is 2.23.